The maximum atomic E-state index is 13.9. The van der Waals surface area contributed by atoms with Crippen LogP contribution in [0.4, 0.5) is 19.3 Å². The number of carbonyl (C=O) groups is 2. The van der Waals surface area contributed by atoms with Gasteiger partial charge in [0, 0.05) is 23.6 Å². The van der Waals surface area contributed by atoms with Crippen LogP contribution in [0.5, 0.6) is 5.75 Å². The molecule has 45 heavy (non-hydrogen) atoms. The largest absolute Gasteiger partial charge is 0.508 e. The smallest absolute Gasteiger partial charge is 0.417 e. The first-order valence-electron chi connectivity index (χ1n) is 14.6. The number of nitrogen functional groups attached to an aromatic ring is 1. The quantitative estimate of drug-likeness (QED) is 0.218. The third-order valence-electron chi connectivity index (χ3n) is 7.79. The summed E-state index contributed by atoms with van der Waals surface area (Å²) in [6, 6.07) is 27.1. The molecule has 3 N–H and O–H groups in total. The zero-order chi connectivity index (χ0) is 31.8. The Morgan fingerprint density at radius 3 is 2.09 bits per heavy atom. The maximum absolute atomic E-state index is 13.9. The molecule has 2 heterocycles. The molecular formula is C35H34F2N2O6. The van der Waals surface area contributed by atoms with Gasteiger partial charge in [-0.05, 0) is 72.5 Å². The zero-order valence-electron chi connectivity index (χ0n) is 24.5. The number of nitrogens with two attached hydrogens (primary N) is 1. The van der Waals surface area contributed by atoms with Gasteiger partial charge in [-0.2, -0.15) is 0 Å². The van der Waals surface area contributed by atoms with Crippen LogP contribution in [0.1, 0.15) is 35.6 Å². The van der Waals surface area contributed by atoms with E-state index in [9.17, 15) is 23.5 Å². The van der Waals surface area contributed by atoms with E-state index in [2.05, 4.69) is 0 Å². The van der Waals surface area contributed by atoms with Gasteiger partial charge in [0.1, 0.15) is 30.0 Å². The fourth-order valence-corrected chi connectivity index (χ4v) is 5.45. The van der Waals surface area contributed by atoms with Crippen LogP contribution in [-0.2, 0) is 31.2 Å². The number of aromatic hydroxyl groups is 1. The summed E-state index contributed by atoms with van der Waals surface area (Å²) in [7, 11) is 0. The molecule has 0 spiro atoms. The third kappa shape index (κ3) is 7.84. The monoisotopic (exact) mass is 616 g/mol. The number of phenolic OH excluding ortho intramolecular Hbond substituents is 1. The zero-order valence-corrected chi connectivity index (χ0v) is 24.5. The lowest BCUT2D eigenvalue weighted by molar-refractivity contribution is -0.174. The first-order valence-corrected chi connectivity index (χ1v) is 14.6. The Morgan fingerprint density at radius 1 is 0.889 bits per heavy atom. The van der Waals surface area contributed by atoms with Gasteiger partial charge in [0.05, 0.1) is 13.2 Å². The lowest BCUT2D eigenvalue weighted by atomic mass is 9.89. The van der Waals surface area contributed by atoms with E-state index in [1.807, 2.05) is 30.3 Å². The van der Waals surface area contributed by atoms with E-state index in [-0.39, 0.29) is 29.9 Å². The van der Waals surface area contributed by atoms with Gasteiger partial charge in [0.15, 0.2) is 5.79 Å². The number of rotatable bonds is 8. The van der Waals surface area contributed by atoms with Crippen molar-refractivity contribution in [2.45, 2.75) is 31.1 Å². The van der Waals surface area contributed by atoms with E-state index in [1.165, 1.54) is 41.3 Å². The van der Waals surface area contributed by atoms with E-state index in [4.69, 9.17) is 19.9 Å². The second kappa shape index (κ2) is 14.3. The highest BCUT2D eigenvalue weighted by atomic mass is 19.1. The molecule has 2 aliphatic rings. The number of amides is 2. The number of imide groups is 1. The second-order valence-corrected chi connectivity index (χ2v) is 10.8. The predicted molar refractivity (Wildman–Crippen MR) is 163 cm³/mol. The van der Waals surface area contributed by atoms with Crippen LogP contribution in [0.25, 0.3) is 0 Å². The van der Waals surface area contributed by atoms with Gasteiger partial charge < -0.3 is 25.1 Å². The molecule has 0 saturated carbocycles. The molecule has 2 atom stereocenters. The molecule has 234 valence electrons. The number of benzene rings is 4. The third-order valence-corrected chi connectivity index (χ3v) is 7.79. The highest BCUT2D eigenvalue weighted by Crippen LogP contribution is 2.39. The van der Waals surface area contributed by atoms with Gasteiger partial charge >= 0.3 is 6.09 Å². The van der Waals surface area contributed by atoms with Crippen LogP contribution >= 0.6 is 0 Å². The van der Waals surface area contributed by atoms with Crippen molar-refractivity contribution in [2.75, 3.05) is 25.6 Å². The van der Waals surface area contributed by atoms with Gasteiger partial charge in [0.2, 0.25) is 5.91 Å². The average Bonchev–Trinajstić information content (AvgIpc) is 3.70. The highest BCUT2D eigenvalue weighted by Gasteiger charge is 2.44. The fraction of sp³-hybridized carbons (Fsp3) is 0.257. The van der Waals surface area contributed by atoms with Crippen molar-refractivity contribution in [3.05, 3.63) is 131 Å². The van der Waals surface area contributed by atoms with E-state index >= 15 is 0 Å². The number of hydrogen-bond donors (Lipinski definition) is 2. The lowest BCUT2D eigenvalue weighted by Crippen LogP contribution is -2.40. The number of phenols is 1. The molecule has 2 aliphatic heterocycles. The number of carbonyl (C=O) groups excluding carboxylic acids is 2. The molecule has 2 saturated heterocycles. The minimum absolute atomic E-state index is 0.0895. The molecule has 0 radical (unpaired) electrons. The van der Waals surface area contributed by atoms with Gasteiger partial charge in [-0.25, -0.2) is 18.5 Å². The number of anilines is 1. The van der Waals surface area contributed by atoms with E-state index in [0.717, 1.165) is 11.1 Å². The molecule has 6 rings (SSSR count). The maximum Gasteiger partial charge on any atom is 0.417 e. The van der Waals surface area contributed by atoms with Crippen LogP contribution in [0.3, 0.4) is 0 Å². The van der Waals surface area contributed by atoms with E-state index in [0.29, 0.717) is 43.7 Å². The van der Waals surface area contributed by atoms with E-state index in [1.54, 1.807) is 36.4 Å². The molecule has 8 nitrogen and oxygen atoms in total. The Kier molecular flexibility index (Phi) is 10.1. The molecular weight excluding hydrogens is 582 g/mol. The lowest BCUT2D eigenvalue weighted by Gasteiger charge is -2.31. The summed E-state index contributed by atoms with van der Waals surface area (Å²) in [5, 5.41) is 9.70. The number of cyclic esters (lactones) is 1. The minimum Gasteiger partial charge on any atom is -0.508 e. The van der Waals surface area contributed by atoms with Crippen molar-refractivity contribution in [3.63, 3.8) is 0 Å². The van der Waals surface area contributed by atoms with Gasteiger partial charge in [-0.1, -0.05) is 54.6 Å². The summed E-state index contributed by atoms with van der Waals surface area (Å²) >= 11 is 0. The standard InChI is InChI=1S/C29H28FNO6.C6H6FN/c30-24-10-8-23(9-11-24)29(36-16-17-37-29)15-14-22(18-20-6-12-25(32)13-7-20)27(33)31-26(19-35-28(31)34)21-4-2-1-3-5-21;7-5-1-3-6(8)4-2-5/h1-13,22,26,32H,14-19H2;1-4H,8H2. The molecule has 2 amide bonds. The molecule has 4 aromatic rings. The number of hydrogen-bond acceptors (Lipinski definition) is 7. The normalized spacial score (nSPS) is 17.7. The SMILES string of the molecule is Nc1ccc(F)cc1.O=C1OCC(c2ccccc2)N1C(=O)C(CCC1(c2ccc(F)cc2)OCCO1)Cc1ccc(O)cc1. The Balaban J connectivity index is 0.000000436. The Hall–Kier alpha value is -4.80. The topological polar surface area (TPSA) is 111 Å². The van der Waals surface area contributed by atoms with Crippen molar-refractivity contribution < 1.29 is 37.7 Å². The predicted octanol–water partition coefficient (Wildman–Crippen LogP) is 6.50. The first kappa shape index (κ1) is 31.6. The van der Waals surface area contributed by atoms with Crippen molar-refractivity contribution >= 4 is 17.7 Å². The van der Waals surface area contributed by atoms with Crippen molar-refractivity contribution in [3.8, 4) is 5.75 Å². The fourth-order valence-electron chi connectivity index (χ4n) is 5.45. The summed E-state index contributed by atoms with van der Waals surface area (Å²) in [4.78, 5) is 27.9. The van der Waals surface area contributed by atoms with Crippen LogP contribution in [0, 0.1) is 17.6 Å². The minimum atomic E-state index is -1.11. The molecule has 2 unspecified atom stereocenters. The molecule has 0 bridgehead atoms. The molecule has 4 aromatic carbocycles. The Labute approximate surface area is 259 Å². The van der Waals surface area contributed by atoms with Gasteiger partial charge in [0.25, 0.3) is 0 Å². The average molecular weight is 617 g/mol. The highest BCUT2D eigenvalue weighted by molar-refractivity contribution is 5.95. The number of ether oxygens (including phenoxy) is 3. The summed E-state index contributed by atoms with van der Waals surface area (Å²) in [5.74, 6) is -2.55. The van der Waals surface area contributed by atoms with E-state index < -0.39 is 23.8 Å². The number of nitrogens with zero attached hydrogens (tertiary/aromatic N) is 1. The van der Waals surface area contributed by atoms with Crippen LogP contribution in [0.2, 0.25) is 0 Å². The second-order valence-electron chi connectivity index (χ2n) is 10.8. The number of halogens is 2. The molecule has 10 heteroatoms. The summed E-state index contributed by atoms with van der Waals surface area (Å²) in [6.45, 7) is 0.844. The molecule has 0 aliphatic carbocycles. The van der Waals surface area contributed by atoms with Crippen LogP contribution < -0.4 is 5.73 Å². The summed E-state index contributed by atoms with van der Waals surface area (Å²) in [6.07, 6.45) is 0.328. The summed E-state index contributed by atoms with van der Waals surface area (Å²) < 4.78 is 42.9. The first-order chi connectivity index (χ1) is 21.7. The Morgan fingerprint density at radius 2 is 1.49 bits per heavy atom. The molecule has 2 fully saturated rings. The molecule has 0 aromatic heterocycles. The Bertz CT molecular complexity index is 1540. The van der Waals surface area contributed by atoms with Gasteiger partial charge in [-0.15, -0.1) is 0 Å². The van der Waals surface area contributed by atoms with Crippen molar-refractivity contribution in [1.82, 2.24) is 4.90 Å². The van der Waals surface area contributed by atoms with Crippen LogP contribution in [-0.4, -0.2) is 41.8 Å². The van der Waals surface area contributed by atoms with Gasteiger partial charge in [-0.3, -0.25) is 4.79 Å². The summed E-state index contributed by atoms with van der Waals surface area (Å²) in [5.41, 5.74) is 8.17. The van der Waals surface area contributed by atoms with Crippen molar-refractivity contribution in [1.29, 1.82) is 0 Å². The van der Waals surface area contributed by atoms with Crippen molar-refractivity contribution in [2.24, 2.45) is 5.92 Å². The van der Waals surface area contributed by atoms with Crippen LogP contribution in [0.15, 0.2) is 103 Å².